The molecule has 0 saturated heterocycles. The molecule has 0 unspecified atom stereocenters. The summed E-state index contributed by atoms with van der Waals surface area (Å²) in [5.41, 5.74) is 0. The van der Waals surface area contributed by atoms with E-state index in [2.05, 4.69) is 0 Å². The maximum atomic E-state index is 0. The molecule has 0 N–H and O–H groups in total. The Morgan fingerprint density at radius 2 is 0.571 bits per heavy atom. The van der Waals surface area contributed by atoms with E-state index >= 15 is 0 Å². The summed E-state index contributed by atoms with van der Waals surface area (Å²) in [5, 5.41) is 0. The van der Waals surface area contributed by atoms with Crippen LogP contribution in [0.4, 0.5) is 0 Å². The van der Waals surface area contributed by atoms with Gasteiger partial charge in [-0.1, -0.05) is 0 Å². The van der Waals surface area contributed by atoms with Crippen LogP contribution in [0.2, 0.25) is 0 Å². The van der Waals surface area contributed by atoms with Gasteiger partial charge < -0.3 is 21.9 Å². The summed E-state index contributed by atoms with van der Waals surface area (Å²) in [7, 11) is 0. The third-order valence-corrected chi connectivity index (χ3v) is 0. The van der Waals surface area contributed by atoms with E-state index in [0.717, 1.165) is 0 Å². The van der Waals surface area contributed by atoms with Crippen LogP contribution in [-0.2, 0) is 39.0 Å². The fourth-order valence-electron chi connectivity index (χ4n) is 0. The fraction of sp³-hybridized carbons (Fsp3) is 0. The van der Waals surface area contributed by atoms with Crippen LogP contribution in [0.5, 0.6) is 0 Å². The summed E-state index contributed by atoms with van der Waals surface area (Å²) in [6, 6.07) is 0. The van der Waals surface area contributed by atoms with Gasteiger partial charge in [-0.3, -0.25) is 0 Å². The summed E-state index contributed by atoms with van der Waals surface area (Å²) in [6.07, 6.45) is 0. The van der Waals surface area contributed by atoms with Gasteiger partial charge in [0.25, 0.3) is 0 Å². The number of hydrogen-bond acceptors (Lipinski definition) is 0. The Bertz CT molecular complexity index is 11.7. The molecule has 0 radical (unpaired) electrons. The minimum absolute atomic E-state index is 0. The quantitative estimate of drug-likeness (QED) is 0.423. The van der Waals surface area contributed by atoms with Gasteiger partial charge in [0, 0.05) is 0 Å². The van der Waals surface area contributed by atoms with E-state index in [4.69, 9.17) is 0 Å². The van der Waals surface area contributed by atoms with Crippen LogP contribution in [0.15, 0.2) is 0 Å². The predicted octanol–water partition coefficient (Wildman–Crippen LogP) is -1.24. The second-order valence-electron chi connectivity index (χ2n) is 0. The largest absolute Gasteiger partial charge is 4.00 e. The first kappa shape index (κ1) is 161. The average Bonchev–Trinajstić information content (AvgIpc) is 0. The van der Waals surface area contributed by atoms with E-state index in [0.29, 0.717) is 0 Å². The van der Waals surface area contributed by atoms with Crippen molar-refractivity contribution >= 4 is 48.7 Å². The van der Waals surface area contributed by atoms with Crippen molar-refractivity contribution in [2.75, 3.05) is 0 Å². The summed E-state index contributed by atoms with van der Waals surface area (Å²) in [5.74, 6) is 0. The summed E-state index contributed by atoms with van der Waals surface area (Å²) < 4.78 is 0. The first-order valence-electron chi connectivity index (χ1n) is 0. The summed E-state index contributed by atoms with van der Waals surface area (Å²) >= 11 is 0. The number of rotatable bonds is 0. The van der Waals surface area contributed by atoms with Gasteiger partial charge in [-0.15, -0.1) is 0 Å². The molecule has 0 aliphatic heterocycles. The second kappa shape index (κ2) is 109. The van der Waals surface area contributed by atoms with E-state index < -0.39 is 0 Å². The Kier molecular flexibility index (Phi) is 2500. The molecular weight excluding hydrogens is 188 g/mol. The zero-order chi connectivity index (χ0) is 0. The Labute approximate surface area is 86.8 Å². The molecule has 0 heterocycles. The normalized spacial score (nSPS) is 0. The van der Waals surface area contributed by atoms with Gasteiger partial charge in [0.2, 0.25) is 0 Å². The third kappa shape index (κ3) is 79.2. The average molecular weight is 188 g/mol. The van der Waals surface area contributed by atoms with Crippen LogP contribution in [0.25, 0.3) is 0 Å². The Hall–Kier alpha value is 1.84. The molecule has 0 spiro atoms. The Balaban J connectivity index is 0. The van der Waals surface area contributed by atoms with Gasteiger partial charge in [-0.2, -0.15) is 0 Å². The van der Waals surface area contributed by atoms with Crippen LogP contribution >= 0.6 is 0 Å². The zero-order valence-corrected chi connectivity index (χ0v) is 7.51. The van der Waals surface area contributed by atoms with Crippen molar-refractivity contribution in [1.29, 1.82) is 0 Å². The van der Waals surface area contributed by atoms with Crippen LogP contribution in [0.3, 0.4) is 0 Å². The molecule has 0 rings (SSSR count). The number of hydrogen-bond donors (Lipinski definition) is 0. The van der Waals surface area contributed by atoms with Gasteiger partial charge in [-0.25, -0.2) is 0 Å². The molecule has 0 aromatic heterocycles. The molecule has 0 saturated carbocycles. The maximum Gasteiger partial charge on any atom is 4.00 e. The molecule has 0 aliphatic carbocycles. The molecule has 0 aromatic rings. The SMILES string of the molecule is [Ca+2].[Fe+2].[O-2].[O-2].[O-2].[O-2].[Si+4]. The molecule has 0 atom stereocenters. The molecule has 0 aromatic carbocycles. The van der Waals surface area contributed by atoms with Crippen molar-refractivity contribution in [3.63, 3.8) is 0 Å². The maximum absolute atomic E-state index is 0. The molecule has 7 heteroatoms. The van der Waals surface area contributed by atoms with Crippen LogP contribution in [-0.4, -0.2) is 48.7 Å². The van der Waals surface area contributed by atoms with E-state index in [9.17, 15) is 0 Å². The molecule has 4 nitrogen and oxygen atoms in total. The minimum atomic E-state index is 0. The first-order chi connectivity index (χ1) is 0. The van der Waals surface area contributed by atoms with Gasteiger partial charge in [0.15, 0.2) is 0 Å². The predicted molar refractivity (Wildman–Crippen MR) is 14.3 cm³/mol. The van der Waals surface area contributed by atoms with Crippen molar-refractivity contribution in [1.82, 2.24) is 0 Å². The Morgan fingerprint density at radius 1 is 0.571 bits per heavy atom. The van der Waals surface area contributed by atoms with Gasteiger partial charge >= 0.3 is 65.8 Å². The van der Waals surface area contributed by atoms with Crippen molar-refractivity contribution in [2.45, 2.75) is 0 Å². The van der Waals surface area contributed by atoms with Crippen LogP contribution < -0.4 is 0 Å². The van der Waals surface area contributed by atoms with E-state index in [1.807, 2.05) is 0 Å². The molecule has 0 aliphatic rings. The van der Waals surface area contributed by atoms with Gasteiger partial charge in [0.05, 0.1) is 0 Å². The van der Waals surface area contributed by atoms with Crippen molar-refractivity contribution in [2.24, 2.45) is 0 Å². The van der Waals surface area contributed by atoms with Crippen LogP contribution in [0.1, 0.15) is 0 Å². The first-order valence-corrected chi connectivity index (χ1v) is 0. The molecule has 7 heavy (non-hydrogen) atoms. The third-order valence-electron chi connectivity index (χ3n) is 0. The standard InChI is InChI=1S/Ca.Fe.4O.Si/q2*+2;4*-2;+4. The summed E-state index contributed by atoms with van der Waals surface area (Å²) in [6.45, 7) is 0. The minimum Gasteiger partial charge on any atom is -2.00 e. The molecule has 38 valence electrons. The topological polar surface area (TPSA) is 114 Å². The monoisotopic (exact) mass is 188 g/mol. The zero-order valence-electron chi connectivity index (χ0n) is 3.19. The van der Waals surface area contributed by atoms with Crippen molar-refractivity contribution in [3.8, 4) is 0 Å². The van der Waals surface area contributed by atoms with E-state index in [1.54, 1.807) is 0 Å². The second-order valence-corrected chi connectivity index (χ2v) is 0. The molecular formula is CaFeO4Si. The molecule has 0 fully saturated rings. The smallest absolute Gasteiger partial charge is 2.00 e. The van der Waals surface area contributed by atoms with Gasteiger partial charge in [-0.05, 0) is 0 Å². The fourth-order valence-corrected chi connectivity index (χ4v) is 0. The van der Waals surface area contributed by atoms with Crippen molar-refractivity contribution < 1.29 is 39.0 Å². The molecule has 0 amide bonds. The summed E-state index contributed by atoms with van der Waals surface area (Å²) in [4.78, 5) is 0. The van der Waals surface area contributed by atoms with Gasteiger partial charge in [0.1, 0.15) is 0 Å². The van der Waals surface area contributed by atoms with E-state index in [1.165, 1.54) is 0 Å². The van der Waals surface area contributed by atoms with Crippen molar-refractivity contribution in [3.05, 3.63) is 0 Å². The Morgan fingerprint density at radius 3 is 0.571 bits per heavy atom. The molecule has 0 bridgehead atoms. The van der Waals surface area contributed by atoms with E-state index in [-0.39, 0.29) is 87.7 Å². The van der Waals surface area contributed by atoms with Crippen LogP contribution in [0, 0.1) is 0 Å².